The number of nitrogens with one attached hydrogen (secondary N) is 1. The number of aliphatic hydroxyl groups is 1. The first kappa shape index (κ1) is 13.6. The van der Waals surface area contributed by atoms with Crippen molar-refractivity contribution in [3.05, 3.63) is 30.0 Å². The number of rotatable bonds is 4. The maximum atomic E-state index is 10.0. The van der Waals surface area contributed by atoms with Crippen molar-refractivity contribution in [1.29, 1.82) is 0 Å². The predicted molar refractivity (Wildman–Crippen MR) is 80.5 cm³/mol. The van der Waals surface area contributed by atoms with E-state index in [0.717, 1.165) is 38.0 Å². The second kappa shape index (κ2) is 5.94. The molecule has 2 atom stereocenters. The van der Waals surface area contributed by atoms with Gasteiger partial charge in [0.1, 0.15) is 0 Å². The summed E-state index contributed by atoms with van der Waals surface area (Å²) in [6.07, 6.45) is 4.13. The van der Waals surface area contributed by atoms with Gasteiger partial charge >= 0.3 is 0 Å². The summed E-state index contributed by atoms with van der Waals surface area (Å²) in [7, 11) is 0. The van der Waals surface area contributed by atoms with E-state index in [0.29, 0.717) is 0 Å². The molecule has 20 heavy (non-hydrogen) atoms. The third-order valence-corrected chi connectivity index (χ3v) is 4.30. The quantitative estimate of drug-likeness (QED) is 0.899. The Bertz CT molecular complexity index is 578. The van der Waals surface area contributed by atoms with E-state index < -0.39 is 0 Å². The van der Waals surface area contributed by atoms with Gasteiger partial charge in [-0.2, -0.15) is 5.10 Å². The van der Waals surface area contributed by atoms with Crippen molar-refractivity contribution in [3.63, 3.8) is 0 Å². The van der Waals surface area contributed by atoms with E-state index in [1.165, 1.54) is 17.3 Å². The molecule has 1 aromatic heterocycles. The smallest absolute Gasteiger partial charge is 0.0841 e. The van der Waals surface area contributed by atoms with Gasteiger partial charge in [0, 0.05) is 24.5 Å². The number of benzene rings is 1. The molecule has 1 fully saturated rings. The van der Waals surface area contributed by atoms with E-state index in [-0.39, 0.29) is 12.1 Å². The van der Waals surface area contributed by atoms with Gasteiger partial charge in [-0.05, 0) is 25.8 Å². The lowest BCUT2D eigenvalue weighted by Crippen LogP contribution is -2.41. The minimum atomic E-state index is -0.205. The summed E-state index contributed by atoms with van der Waals surface area (Å²) in [5, 5.41) is 19.4. The molecule has 2 aromatic rings. The topological polar surface area (TPSA) is 50.1 Å². The van der Waals surface area contributed by atoms with Gasteiger partial charge in [-0.15, -0.1) is 0 Å². The zero-order valence-corrected chi connectivity index (χ0v) is 12.0. The molecule has 1 heterocycles. The lowest BCUT2D eigenvalue weighted by molar-refractivity contribution is 0.0901. The van der Waals surface area contributed by atoms with Gasteiger partial charge in [-0.3, -0.25) is 4.68 Å². The van der Waals surface area contributed by atoms with Crippen LogP contribution in [0.15, 0.2) is 24.3 Å². The van der Waals surface area contributed by atoms with Crippen LogP contribution in [0.25, 0.3) is 10.9 Å². The average Bonchev–Trinajstić information content (AvgIpc) is 2.85. The van der Waals surface area contributed by atoms with Crippen LogP contribution >= 0.6 is 0 Å². The Morgan fingerprint density at radius 1 is 1.30 bits per heavy atom. The van der Waals surface area contributed by atoms with Crippen molar-refractivity contribution in [2.24, 2.45) is 0 Å². The summed E-state index contributed by atoms with van der Waals surface area (Å²) >= 11 is 0. The van der Waals surface area contributed by atoms with Crippen LogP contribution in [0, 0.1) is 0 Å². The Balaban J connectivity index is 1.77. The van der Waals surface area contributed by atoms with Crippen LogP contribution in [0.5, 0.6) is 0 Å². The molecule has 4 nitrogen and oxygen atoms in total. The van der Waals surface area contributed by atoms with E-state index in [2.05, 4.69) is 41.6 Å². The molecule has 108 valence electrons. The monoisotopic (exact) mass is 273 g/mol. The molecule has 0 radical (unpaired) electrons. The summed E-state index contributed by atoms with van der Waals surface area (Å²) < 4.78 is 2.05. The van der Waals surface area contributed by atoms with Crippen molar-refractivity contribution in [3.8, 4) is 0 Å². The largest absolute Gasteiger partial charge is 0.392 e. The van der Waals surface area contributed by atoms with E-state index in [1.54, 1.807) is 0 Å². The molecule has 1 aliphatic rings. The Morgan fingerprint density at radius 3 is 2.90 bits per heavy atom. The van der Waals surface area contributed by atoms with Gasteiger partial charge < -0.3 is 10.4 Å². The molecule has 0 spiro atoms. The molecule has 2 N–H and O–H groups in total. The van der Waals surface area contributed by atoms with Crippen molar-refractivity contribution < 1.29 is 5.11 Å². The van der Waals surface area contributed by atoms with Gasteiger partial charge in [0.25, 0.3) is 0 Å². The van der Waals surface area contributed by atoms with Crippen LogP contribution in [-0.4, -0.2) is 27.0 Å². The lowest BCUT2D eigenvalue weighted by atomic mass is 9.92. The number of hydrogen-bond donors (Lipinski definition) is 2. The molecule has 1 saturated carbocycles. The number of aryl methyl sites for hydroxylation is 1. The van der Waals surface area contributed by atoms with Crippen LogP contribution in [0.1, 0.15) is 38.3 Å². The maximum Gasteiger partial charge on any atom is 0.0841 e. The van der Waals surface area contributed by atoms with Crippen LogP contribution in [-0.2, 0) is 13.1 Å². The standard InChI is InChI=1S/C16H23N3O/c1-2-19-15-9-5-3-7-12(15)14(18-19)11-17-13-8-4-6-10-16(13)20/h3,5,7,9,13,16-17,20H,2,4,6,8,10-11H2,1H3. The molecule has 0 amide bonds. The number of aromatic nitrogens is 2. The minimum absolute atomic E-state index is 0.205. The fourth-order valence-electron chi connectivity index (χ4n) is 3.14. The Kier molecular flexibility index (Phi) is 4.03. The fourth-order valence-corrected chi connectivity index (χ4v) is 3.14. The zero-order chi connectivity index (χ0) is 13.9. The molecule has 1 aliphatic carbocycles. The van der Waals surface area contributed by atoms with E-state index in [1.807, 2.05) is 4.68 Å². The predicted octanol–water partition coefficient (Wildman–Crippen LogP) is 2.45. The molecule has 0 saturated heterocycles. The highest BCUT2D eigenvalue weighted by atomic mass is 16.3. The number of para-hydroxylation sites is 1. The van der Waals surface area contributed by atoms with Crippen LogP contribution < -0.4 is 5.32 Å². The first-order chi connectivity index (χ1) is 9.79. The molecule has 4 heteroatoms. The average molecular weight is 273 g/mol. The summed E-state index contributed by atoms with van der Waals surface area (Å²) in [5.41, 5.74) is 2.27. The van der Waals surface area contributed by atoms with Crippen LogP contribution in [0.2, 0.25) is 0 Å². The van der Waals surface area contributed by atoms with E-state index >= 15 is 0 Å². The van der Waals surface area contributed by atoms with Crippen LogP contribution in [0.4, 0.5) is 0 Å². The number of fused-ring (bicyclic) bond motifs is 1. The van der Waals surface area contributed by atoms with Gasteiger partial charge in [0.2, 0.25) is 0 Å². The zero-order valence-electron chi connectivity index (χ0n) is 12.0. The molecular weight excluding hydrogens is 250 g/mol. The molecule has 2 unspecified atom stereocenters. The van der Waals surface area contributed by atoms with Gasteiger partial charge in [0.05, 0.1) is 17.3 Å². The van der Waals surface area contributed by atoms with Crippen LogP contribution in [0.3, 0.4) is 0 Å². The normalized spacial score (nSPS) is 23.3. The molecule has 0 aliphatic heterocycles. The minimum Gasteiger partial charge on any atom is -0.392 e. The van der Waals surface area contributed by atoms with Gasteiger partial charge in [-0.1, -0.05) is 31.0 Å². The van der Waals surface area contributed by atoms with E-state index in [4.69, 9.17) is 0 Å². The van der Waals surface area contributed by atoms with Crippen molar-refractivity contribution in [1.82, 2.24) is 15.1 Å². The van der Waals surface area contributed by atoms with Gasteiger partial charge in [-0.25, -0.2) is 0 Å². The number of aliphatic hydroxyl groups excluding tert-OH is 1. The second-order valence-corrected chi connectivity index (χ2v) is 5.62. The van der Waals surface area contributed by atoms with E-state index in [9.17, 15) is 5.11 Å². The fraction of sp³-hybridized carbons (Fsp3) is 0.562. The molecule has 0 bridgehead atoms. The molecular formula is C16H23N3O. The van der Waals surface area contributed by atoms with Crippen molar-refractivity contribution in [2.45, 2.75) is 57.8 Å². The summed E-state index contributed by atoms with van der Waals surface area (Å²) in [6, 6.07) is 8.57. The summed E-state index contributed by atoms with van der Waals surface area (Å²) in [5.74, 6) is 0. The molecule has 3 rings (SSSR count). The second-order valence-electron chi connectivity index (χ2n) is 5.62. The Labute approximate surface area is 119 Å². The third kappa shape index (κ3) is 2.58. The van der Waals surface area contributed by atoms with Crippen molar-refractivity contribution >= 4 is 10.9 Å². The SMILES string of the molecule is CCn1nc(CNC2CCCCC2O)c2ccccc21. The summed E-state index contributed by atoms with van der Waals surface area (Å²) in [4.78, 5) is 0. The van der Waals surface area contributed by atoms with Gasteiger partial charge in [0.15, 0.2) is 0 Å². The first-order valence-electron chi connectivity index (χ1n) is 7.65. The maximum absolute atomic E-state index is 10.0. The Hall–Kier alpha value is -1.39. The highest BCUT2D eigenvalue weighted by Gasteiger charge is 2.22. The third-order valence-electron chi connectivity index (χ3n) is 4.30. The number of hydrogen-bond acceptors (Lipinski definition) is 3. The van der Waals surface area contributed by atoms with Crippen molar-refractivity contribution in [2.75, 3.05) is 0 Å². The number of nitrogens with zero attached hydrogens (tertiary/aromatic N) is 2. The lowest BCUT2D eigenvalue weighted by Gasteiger charge is -2.28. The highest BCUT2D eigenvalue weighted by Crippen LogP contribution is 2.21. The summed E-state index contributed by atoms with van der Waals surface area (Å²) in [6.45, 7) is 3.73. The first-order valence-corrected chi connectivity index (χ1v) is 7.65. The molecule has 1 aromatic carbocycles. The highest BCUT2D eigenvalue weighted by molar-refractivity contribution is 5.81. The Morgan fingerprint density at radius 2 is 2.10 bits per heavy atom.